The van der Waals surface area contributed by atoms with Crippen molar-refractivity contribution in [3.63, 3.8) is 0 Å². The first kappa shape index (κ1) is 16.4. The van der Waals surface area contributed by atoms with Crippen LogP contribution in [0.5, 0.6) is 0 Å². The smallest absolute Gasteiger partial charge is 0.234 e. The quantitative estimate of drug-likeness (QED) is 0.878. The molecule has 1 amide bonds. The molecule has 124 valence electrons. The largest absolute Gasteiger partial charge is 0.393 e. The highest BCUT2D eigenvalue weighted by Crippen LogP contribution is 2.26. The Morgan fingerprint density at radius 2 is 2.17 bits per heavy atom. The summed E-state index contributed by atoms with van der Waals surface area (Å²) < 4.78 is 1.19. The molecule has 6 heteroatoms. The number of fused-ring (bicyclic) bond motifs is 1. The van der Waals surface area contributed by atoms with Gasteiger partial charge in [-0.15, -0.1) is 11.3 Å². The molecule has 0 aliphatic carbocycles. The molecule has 1 saturated heterocycles. The summed E-state index contributed by atoms with van der Waals surface area (Å²) in [4.78, 5) is 18.8. The van der Waals surface area contributed by atoms with E-state index in [1.165, 1.54) is 4.70 Å². The number of para-hydroxylation sites is 1. The Morgan fingerprint density at radius 3 is 2.91 bits per heavy atom. The van der Waals surface area contributed by atoms with Gasteiger partial charge in [0.05, 0.1) is 27.9 Å². The number of carbonyl (C=O) groups excluding carboxylic acids is 1. The first-order valence-electron chi connectivity index (χ1n) is 8.14. The summed E-state index contributed by atoms with van der Waals surface area (Å²) in [5, 5.41) is 13.6. The molecule has 0 bridgehead atoms. The van der Waals surface area contributed by atoms with Crippen molar-refractivity contribution in [2.24, 2.45) is 0 Å². The van der Waals surface area contributed by atoms with Crippen LogP contribution in [0.1, 0.15) is 30.7 Å². The van der Waals surface area contributed by atoms with Crippen molar-refractivity contribution in [3.05, 3.63) is 29.3 Å². The summed E-state index contributed by atoms with van der Waals surface area (Å²) in [6.07, 6.45) is 1.32. The molecule has 1 unspecified atom stereocenters. The molecule has 0 radical (unpaired) electrons. The summed E-state index contributed by atoms with van der Waals surface area (Å²) in [7, 11) is 0. The monoisotopic (exact) mass is 333 g/mol. The topological polar surface area (TPSA) is 65.5 Å². The lowest BCUT2D eigenvalue weighted by Crippen LogP contribution is -2.43. The molecule has 1 aromatic heterocycles. The first-order valence-corrected chi connectivity index (χ1v) is 8.96. The molecule has 1 aliphatic heterocycles. The van der Waals surface area contributed by atoms with Crippen LogP contribution in [0.4, 0.5) is 0 Å². The van der Waals surface area contributed by atoms with Crippen LogP contribution in [-0.2, 0) is 4.79 Å². The van der Waals surface area contributed by atoms with E-state index in [2.05, 4.69) is 28.2 Å². The molecule has 23 heavy (non-hydrogen) atoms. The number of aliphatic hydroxyl groups excluding tert-OH is 1. The fraction of sp³-hybridized carbons (Fsp3) is 0.529. The number of nitrogens with one attached hydrogen (secondary N) is 1. The lowest BCUT2D eigenvalue weighted by Gasteiger charge is -2.28. The molecule has 5 nitrogen and oxygen atoms in total. The number of benzene rings is 1. The second-order valence-electron chi connectivity index (χ2n) is 6.23. The Bertz CT molecular complexity index is 632. The Hall–Kier alpha value is -1.50. The van der Waals surface area contributed by atoms with Crippen molar-refractivity contribution in [2.45, 2.75) is 31.8 Å². The minimum Gasteiger partial charge on any atom is -0.393 e. The van der Waals surface area contributed by atoms with Crippen LogP contribution in [-0.4, -0.2) is 53.2 Å². The maximum absolute atomic E-state index is 12.1. The zero-order valence-corrected chi connectivity index (χ0v) is 14.2. The summed E-state index contributed by atoms with van der Waals surface area (Å²) >= 11 is 1.69. The second kappa shape index (κ2) is 7.38. The number of piperidine rings is 1. The van der Waals surface area contributed by atoms with Gasteiger partial charge in [0.1, 0.15) is 0 Å². The molecule has 1 aliphatic rings. The van der Waals surface area contributed by atoms with Gasteiger partial charge in [-0.3, -0.25) is 9.69 Å². The third-order valence-electron chi connectivity index (χ3n) is 4.26. The van der Waals surface area contributed by atoms with Gasteiger partial charge in [-0.25, -0.2) is 4.98 Å². The van der Waals surface area contributed by atoms with Crippen LogP contribution >= 0.6 is 11.3 Å². The molecule has 2 heterocycles. The molecular weight excluding hydrogens is 310 g/mol. The second-order valence-corrected chi connectivity index (χ2v) is 7.29. The number of likely N-dealkylation sites (tertiary alicyclic amines) is 1. The average molecular weight is 333 g/mol. The Balaban J connectivity index is 1.48. The third kappa shape index (κ3) is 4.28. The van der Waals surface area contributed by atoms with Gasteiger partial charge in [0, 0.05) is 25.6 Å². The molecule has 1 aromatic carbocycles. The van der Waals surface area contributed by atoms with Crippen LogP contribution in [0.25, 0.3) is 10.2 Å². The van der Waals surface area contributed by atoms with Crippen molar-refractivity contribution in [1.29, 1.82) is 0 Å². The molecule has 2 aromatic rings. The molecular formula is C17H23N3O2S. The van der Waals surface area contributed by atoms with Gasteiger partial charge >= 0.3 is 0 Å². The number of hydrogen-bond acceptors (Lipinski definition) is 5. The highest BCUT2D eigenvalue weighted by molar-refractivity contribution is 7.18. The van der Waals surface area contributed by atoms with E-state index in [0.29, 0.717) is 13.1 Å². The molecule has 0 saturated carbocycles. The van der Waals surface area contributed by atoms with Crippen molar-refractivity contribution in [2.75, 3.05) is 26.2 Å². The van der Waals surface area contributed by atoms with E-state index in [0.717, 1.165) is 36.5 Å². The lowest BCUT2D eigenvalue weighted by molar-refractivity contribution is -0.122. The normalized spacial score (nSPS) is 18.2. The Labute approximate surface area is 140 Å². The van der Waals surface area contributed by atoms with Crippen molar-refractivity contribution in [3.8, 4) is 0 Å². The van der Waals surface area contributed by atoms with Gasteiger partial charge in [-0.2, -0.15) is 0 Å². The molecule has 0 spiro atoms. The fourth-order valence-corrected chi connectivity index (χ4v) is 3.81. The van der Waals surface area contributed by atoms with Gasteiger partial charge in [0.2, 0.25) is 5.91 Å². The number of hydrogen-bond donors (Lipinski definition) is 2. The minimum atomic E-state index is -0.201. The van der Waals surface area contributed by atoms with Crippen LogP contribution in [0, 0.1) is 0 Å². The fourth-order valence-electron chi connectivity index (χ4n) is 2.79. The van der Waals surface area contributed by atoms with Gasteiger partial charge in [0.15, 0.2) is 0 Å². The average Bonchev–Trinajstić information content (AvgIpc) is 2.99. The Morgan fingerprint density at radius 1 is 1.43 bits per heavy atom. The number of carbonyl (C=O) groups is 1. The summed E-state index contributed by atoms with van der Waals surface area (Å²) in [6, 6.07) is 8.11. The van der Waals surface area contributed by atoms with E-state index in [-0.39, 0.29) is 17.9 Å². The predicted octanol–water partition coefficient (Wildman–Crippen LogP) is 1.97. The van der Waals surface area contributed by atoms with Crippen LogP contribution in [0.2, 0.25) is 0 Å². The zero-order chi connectivity index (χ0) is 16.2. The summed E-state index contributed by atoms with van der Waals surface area (Å²) in [5.74, 6) is 0.258. The first-order chi connectivity index (χ1) is 11.1. The van der Waals surface area contributed by atoms with E-state index in [9.17, 15) is 9.90 Å². The molecule has 1 atom stereocenters. The molecule has 2 N–H and O–H groups in total. The van der Waals surface area contributed by atoms with E-state index < -0.39 is 0 Å². The van der Waals surface area contributed by atoms with Crippen LogP contribution in [0.3, 0.4) is 0 Å². The van der Waals surface area contributed by atoms with E-state index in [4.69, 9.17) is 0 Å². The van der Waals surface area contributed by atoms with E-state index in [1.54, 1.807) is 11.3 Å². The third-order valence-corrected chi connectivity index (χ3v) is 5.53. The van der Waals surface area contributed by atoms with Crippen LogP contribution < -0.4 is 5.32 Å². The van der Waals surface area contributed by atoms with Gasteiger partial charge < -0.3 is 10.4 Å². The van der Waals surface area contributed by atoms with Crippen molar-refractivity contribution < 1.29 is 9.90 Å². The van der Waals surface area contributed by atoms with Gasteiger partial charge in [-0.05, 0) is 25.0 Å². The number of aromatic nitrogens is 1. The maximum Gasteiger partial charge on any atom is 0.234 e. The highest BCUT2D eigenvalue weighted by atomic mass is 32.1. The van der Waals surface area contributed by atoms with Crippen LogP contribution in [0.15, 0.2) is 24.3 Å². The molecule has 1 fully saturated rings. The summed E-state index contributed by atoms with van der Waals surface area (Å²) in [6.45, 7) is 4.70. The van der Waals surface area contributed by atoms with Gasteiger partial charge in [0.25, 0.3) is 0 Å². The molecule has 3 rings (SSSR count). The lowest BCUT2D eigenvalue weighted by atomic mass is 10.1. The number of aliphatic hydroxyl groups is 1. The highest BCUT2D eigenvalue weighted by Gasteiger charge is 2.19. The number of thiazole rings is 1. The SMILES string of the molecule is CC(CNC(=O)CN1CCC(O)CC1)c1nc2ccccc2s1. The number of nitrogens with zero attached hydrogens (tertiary/aromatic N) is 2. The number of rotatable bonds is 5. The zero-order valence-electron chi connectivity index (χ0n) is 13.4. The Kier molecular flexibility index (Phi) is 5.25. The predicted molar refractivity (Wildman–Crippen MR) is 92.7 cm³/mol. The number of amides is 1. The standard InChI is InChI=1S/C17H23N3O2S/c1-12(17-19-14-4-2-3-5-15(14)23-17)10-18-16(22)11-20-8-6-13(21)7-9-20/h2-5,12-13,21H,6-11H2,1H3,(H,18,22). The van der Waals surface area contributed by atoms with Crippen molar-refractivity contribution in [1.82, 2.24) is 15.2 Å². The van der Waals surface area contributed by atoms with E-state index in [1.807, 2.05) is 18.2 Å². The van der Waals surface area contributed by atoms with E-state index >= 15 is 0 Å². The minimum absolute atomic E-state index is 0.0503. The van der Waals surface area contributed by atoms with Gasteiger partial charge in [-0.1, -0.05) is 19.1 Å². The van der Waals surface area contributed by atoms with Crippen molar-refractivity contribution >= 4 is 27.5 Å². The summed E-state index contributed by atoms with van der Waals surface area (Å²) in [5.41, 5.74) is 1.03. The maximum atomic E-state index is 12.1.